The van der Waals surface area contributed by atoms with Gasteiger partial charge in [0.1, 0.15) is 0 Å². The van der Waals surface area contributed by atoms with E-state index in [1.54, 1.807) is 23.2 Å². The van der Waals surface area contributed by atoms with Gasteiger partial charge in [-0.25, -0.2) is 4.98 Å². The van der Waals surface area contributed by atoms with Crippen LogP contribution >= 0.6 is 11.8 Å². The molecule has 4 rings (SSSR count). The van der Waals surface area contributed by atoms with Gasteiger partial charge in [0.2, 0.25) is 5.91 Å². The first kappa shape index (κ1) is 19.2. The first-order chi connectivity index (χ1) is 14.0. The zero-order valence-electron chi connectivity index (χ0n) is 16.2. The Hall–Kier alpha value is -3.13. The Bertz CT molecular complexity index is 1110. The van der Waals surface area contributed by atoms with Crippen LogP contribution in [0.3, 0.4) is 0 Å². The quantitative estimate of drug-likeness (QED) is 0.361. The van der Waals surface area contributed by atoms with Crippen molar-refractivity contribution in [1.29, 1.82) is 0 Å². The second kappa shape index (κ2) is 7.71. The van der Waals surface area contributed by atoms with Crippen molar-refractivity contribution < 1.29 is 9.72 Å². The molecule has 0 radical (unpaired) electrons. The molecule has 2 aromatic carbocycles. The number of nitrogens with zero attached hydrogens (tertiary/aromatic N) is 4. The summed E-state index contributed by atoms with van der Waals surface area (Å²) in [7, 11) is 0. The number of carbonyl (C=O) groups excluding carboxylic acids is 1. The van der Waals surface area contributed by atoms with E-state index in [9.17, 15) is 14.9 Å². The van der Waals surface area contributed by atoms with Gasteiger partial charge in [-0.1, -0.05) is 23.9 Å². The van der Waals surface area contributed by atoms with Gasteiger partial charge in [0, 0.05) is 36.8 Å². The maximum atomic E-state index is 12.8. The van der Waals surface area contributed by atoms with Gasteiger partial charge >= 0.3 is 0 Å². The molecule has 1 aliphatic rings. The topological polar surface area (TPSA) is 81.3 Å². The number of imidazole rings is 1. The highest BCUT2D eigenvalue weighted by Crippen LogP contribution is 2.32. The average molecular weight is 408 g/mol. The maximum absolute atomic E-state index is 12.8. The number of hydrogen-bond acceptors (Lipinski definition) is 5. The fourth-order valence-corrected chi connectivity index (χ4v) is 4.38. The summed E-state index contributed by atoms with van der Waals surface area (Å²) in [6.45, 7) is 4.69. The molecular weight excluding hydrogens is 388 g/mol. The molecule has 0 unspecified atom stereocenters. The van der Waals surface area contributed by atoms with Crippen molar-refractivity contribution in [3.63, 3.8) is 0 Å². The van der Waals surface area contributed by atoms with E-state index in [2.05, 4.69) is 24.9 Å². The smallest absolute Gasteiger partial charge is 0.269 e. The average Bonchev–Trinajstić information content (AvgIpc) is 3.34. The second-order valence-electron chi connectivity index (χ2n) is 6.95. The Labute approximate surface area is 172 Å². The molecule has 29 heavy (non-hydrogen) atoms. The van der Waals surface area contributed by atoms with Crippen molar-refractivity contribution in [2.75, 3.05) is 17.2 Å². The Morgan fingerprint density at radius 3 is 2.86 bits per heavy atom. The molecule has 1 aromatic heterocycles. The number of non-ortho nitro benzene ring substituents is 1. The fraction of sp³-hybridized carbons (Fsp3) is 0.238. The number of hydrogen-bond donors (Lipinski definition) is 0. The summed E-state index contributed by atoms with van der Waals surface area (Å²) < 4.78 is 2.00. The van der Waals surface area contributed by atoms with E-state index in [0.29, 0.717) is 13.0 Å². The summed E-state index contributed by atoms with van der Waals surface area (Å²) in [6, 6.07) is 10.8. The van der Waals surface area contributed by atoms with Crippen LogP contribution in [0.15, 0.2) is 53.9 Å². The first-order valence-electron chi connectivity index (χ1n) is 9.26. The van der Waals surface area contributed by atoms with Crippen molar-refractivity contribution >= 4 is 29.0 Å². The van der Waals surface area contributed by atoms with Gasteiger partial charge in [0.05, 0.1) is 16.4 Å². The first-order valence-corrected chi connectivity index (χ1v) is 10.2. The van der Waals surface area contributed by atoms with E-state index in [4.69, 9.17) is 0 Å². The molecule has 0 aliphatic carbocycles. The summed E-state index contributed by atoms with van der Waals surface area (Å²) >= 11 is 1.39. The van der Waals surface area contributed by atoms with Crippen LogP contribution in [0.5, 0.6) is 0 Å². The van der Waals surface area contributed by atoms with Gasteiger partial charge in [-0.15, -0.1) is 0 Å². The Balaban J connectivity index is 1.49. The molecule has 0 N–H and O–H groups in total. The summed E-state index contributed by atoms with van der Waals surface area (Å²) in [5, 5.41) is 11.7. The normalized spacial score (nSPS) is 12.8. The van der Waals surface area contributed by atoms with E-state index in [-0.39, 0.29) is 17.3 Å². The van der Waals surface area contributed by atoms with Crippen molar-refractivity contribution in [2.24, 2.45) is 0 Å². The van der Waals surface area contributed by atoms with Crippen LogP contribution in [-0.2, 0) is 11.2 Å². The van der Waals surface area contributed by atoms with Crippen molar-refractivity contribution in [3.8, 4) is 5.69 Å². The highest BCUT2D eigenvalue weighted by atomic mass is 32.2. The van der Waals surface area contributed by atoms with Crippen LogP contribution in [0, 0.1) is 24.0 Å². The van der Waals surface area contributed by atoms with Crippen LogP contribution in [-0.4, -0.2) is 32.7 Å². The van der Waals surface area contributed by atoms with Gasteiger partial charge in [-0.2, -0.15) is 0 Å². The molecule has 0 saturated heterocycles. The number of amides is 1. The third-order valence-electron chi connectivity index (χ3n) is 5.24. The Morgan fingerprint density at radius 2 is 2.07 bits per heavy atom. The molecular formula is C21H20N4O3S. The number of rotatable bonds is 5. The molecule has 7 nitrogen and oxygen atoms in total. The van der Waals surface area contributed by atoms with E-state index in [1.165, 1.54) is 29.0 Å². The standard InChI is InChI=1S/C21H20N4O3S/c1-14-4-3-5-18(15(14)2)24-11-9-22-21(24)29-13-20(26)23-10-8-16-12-17(25(27)28)6-7-19(16)23/h3-7,9,11-12H,8,10,13H2,1-2H3. The molecule has 1 amide bonds. The molecule has 0 saturated carbocycles. The summed E-state index contributed by atoms with van der Waals surface area (Å²) in [5.74, 6) is 0.219. The number of nitro benzene ring substituents is 1. The third kappa shape index (κ3) is 3.63. The lowest BCUT2D eigenvalue weighted by Crippen LogP contribution is -2.30. The lowest BCUT2D eigenvalue weighted by Gasteiger charge is -2.17. The van der Waals surface area contributed by atoms with Gasteiger partial charge in [0.25, 0.3) is 5.69 Å². The molecule has 0 fully saturated rings. The Kier molecular flexibility index (Phi) is 5.10. The number of thioether (sulfide) groups is 1. The van der Waals surface area contributed by atoms with Gasteiger partial charge in [0.15, 0.2) is 5.16 Å². The van der Waals surface area contributed by atoms with Crippen LogP contribution in [0.1, 0.15) is 16.7 Å². The number of carbonyl (C=O) groups is 1. The minimum atomic E-state index is -0.409. The van der Waals surface area contributed by atoms with E-state index >= 15 is 0 Å². The third-order valence-corrected chi connectivity index (χ3v) is 6.19. The number of anilines is 1. The van der Waals surface area contributed by atoms with Crippen molar-refractivity contribution in [2.45, 2.75) is 25.4 Å². The van der Waals surface area contributed by atoms with E-state index < -0.39 is 4.92 Å². The number of fused-ring (bicyclic) bond motifs is 1. The second-order valence-corrected chi connectivity index (χ2v) is 7.90. The Morgan fingerprint density at radius 1 is 1.24 bits per heavy atom. The zero-order valence-corrected chi connectivity index (χ0v) is 17.0. The van der Waals surface area contributed by atoms with Crippen molar-refractivity contribution in [3.05, 3.63) is 75.6 Å². The minimum Gasteiger partial charge on any atom is -0.311 e. The summed E-state index contributed by atoms with van der Waals surface area (Å²) in [4.78, 5) is 29.5. The van der Waals surface area contributed by atoms with Crippen LogP contribution in [0.25, 0.3) is 5.69 Å². The van der Waals surface area contributed by atoms with Gasteiger partial charge in [-0.05, 0) is 49.1 Å². The molecule has 0 spiro atoms. The van der Waals surface area contributed by atoms with Crippen molar-refractivity contribution in [1.82, 2.24) is 9.55 Å². The molecule has 0 bridgehead atoms. The summed E-state index contributed by atoms with van der Waals surface area (Å²) in [5.41, 5.74) is 5.09. The van der Waals surface area contributed by atoms with E-state index in [1.807, 2.05) is 22.9 Å². The molecule has 0 atom stereocenters. The van der Waals surface area contributed by atoms with E-state index in [0.717, 1.165) is 22.1 Å². The van der Waals surface area contributed by atoms with Crippen LogP contribution in [0.4, 0.5) is 11.4 Å². The minimum absolute atomic E-state index is 0.0295. The van der Waals surface area contributed by atoms with Crippen LogP contribution in [0.2, 0.25) is 0 Å². The largest absolute Gasteiger partial charge is 0.311 e. The van der Waals surface area contributed by atoms with Gasteiger partial charge in [-0.3, -0.25) is 19.5 Å². The number of aromatic nitrogens is 2. The molecule has 148 valence electrons. The number of benzene rings is 2. The number of aryl methyl sites for hydroxylation is 1. The predicted octanol–water partition coefficient (Wildman–Crippen LogP) is 4.08. The molecule has 2 heterocycles. The molecule has 1 aliphatic heterocycles. The predicted molar refractivity (Wildman–Crippen MR) is 113 cm³/mol. The van der Waals surface area contributed by atoms with Crippen LogP contribution < -0.4 is 4.90 Å². The highest BCUT2D eigenvalue weighted by molar-refractivity contribution is 7.99. The maximum Gasteiger partial charge on any atom is 0.269 e. The zero-order chi connectivity index (χ0) is 20.5. The fourth-order valence-electron chi connectivity index (χ4n) is 3.54. The molecule has 8 heteroatoms. The highest BCUT2D eigenvalue weighted by Gasteiger charge is 2.26. The molecule has 3 aromatic rings. The lowest BCUT2D eigenvalue weighted by molar-refractivity contribution is -0.384. The SMILES string of the molecule is Cc1cccc(-n2ccnc2SCC(=O)N2CCc3cc([N+](=O)[O-])ccc32)c1C. The number of nitro groups is 1. The lowest BCUT2D eigenvalue weighted by atomic mass is 10.1. The monoisotopic (exact) mass is 408 g/mol. The summed E-state index contributed by atoms with van der Waals surface area (Å²) in [6.07, 6.45) is 4.27. The van der Waals surface area contributed by atoms with Gasteiger partial charge < -0.3 is 4.90 Å².